The largest absolute Gasteiger partial charge is 0.480 e. The molecule has 1 saturated carbocycles. The smallest absolute Gasteiger partial charge is 0.256 e. The van der Waals surface area contributed by atoms with E-state index < -0.39 is 0 Å². The van der Waals surface area contributed by atoms with Gasteiger partial charge in [-0.1, -0.05) is 0 Å². The third kappa shape index (κ3) is 2.42. The number of aromatic nitrogens is 3. The Labute approximate surface area is 166 Å². The Hall–Kier alpha value is -2.97. The highest BCUT2D eigenvalue weighted by Crippen LogP contribution is 2.62. The highest BCUT2D eigenvalue weighted by Gasteiger charge is 2.68. The molecule has 2 aromatic rings. The van der Waals surface area contributed by atoms with E-state index in [9.17, 15) is 9.18 Å². The van der Waals surface area contributed by atoms with Crippen LogP contribution < -0.4 is 10.2 Å². The SMILES string of the molecule is O=C1NCCCOC2=NC=C(F)CC2[C@@]23C[C@@H]2CCN3c2ccn3ncc1c3n2. The summed E-state index contributed by atoms with van der Waals surface area (Å²) in [6, 6.07) is 1.92. The van der Waals surface area contributed by atoms with Crippen molar-refractivity contribution in [3.63, 3.8) is 0 Å². The van der Waals surface area contributed by atoms with E-state index in [0.717, 1.165) is 25.2 Å². The highest BCUT2D eigenvalue weighted by atomic mass is 19.1. The minimum absolute atomic E-state index is 0.125. The van der Waals surface area contributed by atoms with Crippen LogP contribution in [0.15, 0.2) is 35.5 Å². The summed E-state index contributed by atoms with van der Waals surface area (Å²) < 4.78 is 21.9. The van der Waals surface area contributed by atoms with Gasteiger partial charge in [-0.15, -0.1) is 0 Å². The number of allylic oxidation sites excluding steroid dienone is 1. The molecule has 1 amide bonds. The van der Waals surface area contributed by atoms with Crippen LogP contribution in [0.4, 0.5) is 10.2 Å². The van der Waals surface area contributed by atoms with Gasteiger partial charge >= 0.3 is 0 Å². The van der Waals surface area contributed by atoms with E-state index in [2.05, 4.69) is 20.3 Å². The predicted octanol–water partition coefficient (Wildman–Crippen LogP) is 2.08. The van der Waals surface area contributed by atoms with E-state index in [1.165, 1.54) is 6.20 Å². The van der Waals surface area contributed by atoms with Gasteiger partial charge in [-0.25, -0.2) is 18.9 Å². The first-order valence-electron chi connectivity index (χ1n) is 10.1. The molecule has 1 N–H and O–H groups in total. The molecule has 3 aliphatic heterocycles. The Balaban J connectivity index is 1.48. The maximum Gasteiger partial charge on any atom is 0.256 e. The van der Waals surface area contributed by atoms with Crippen LogP contribution in [0.5, 0.6) is 0 Å². The molecule has 1 spiro atoms. The number of halogens is 1. The van der Waals surface area contributed by atoms with Crippen molar-refractivity contribution in [3.8, 4) is 0 Å². The number of ether oxygens (including phenoxy) is 1. The van der Waals surface area contributed by atoms with Crippen molar-refractivity contribution in [2.75, 3.05) is 24.6 Å². The van der Waals surface area contributed by atoms with Gasteiger partial charge in [0.2, 0.25) is 0 Å². The Bertz CT molecular complexity index is 1080. The van der Waals surface area contributed by atoms with Gasteiger partial charge in [0, 0.05) is 25.7 Å². The van der Waals surface area contributed by atoms with Crippen molar-refractivity contribution in [2.24, 2.45) is 16.8 Å². The number of carbonyl (C=O) groups excluding carboxylic acids is 1. The molecule has 150 valence electrons. The fourth-order valence-corrected chi connectivity index (χ4v) is 5.26. The molecule has 3 atom stereocenters. The van der Waals surface area contributed by atoms with Gasteiger partial charge in [0.15, 0.2) is 11.5 Å². The molecular formula is C20H21FN6O2. The van der Waals surface area contributed by atoms with E-state index in [4.69, 9.17) is 9.72 Å². The number of aliphatic imine (C=N–C) groups is 1. The van der Waals surface area contributed by atoms with Gasteiger partial charge in [0.05, 0.1) is 30.5 Å². The number of hydrogen-bond acceptors (Lipinski definition) is 6. The van der Waals surface area contributed by atoms with E-state index >= 15 is 0 Å². The molecule has 1 aliphatic carbocycles. The van der Waals surface area contributed by atoms with Crippen LogP contribution in [0.2, 0.25) is 0 Å². The first-order chi connectivity index (χ1) is 14.2. The maximum atomic E-state index is 14.2. The summed E-state index contributed by atoms with van der Waals surface area (Å²) in [5.41, 5.74) is 0.776. The van der Waals surface area contributed by atoms with Gasteiger partial charge in [0.1, 0.15) is 17.2 Å². The van der Waals surface area contributed by atoms with Crippen LogP contribution in [0.25, 0.3) is 5.65 Å². The van der Waals surface area contributed by atoms with Crippen molar-refractivity contribution in [1.82, 2.24) is 19.9 Å². The molecule has 6 rings (SSSR count). The van der Waals surface area contributed by atoms with Crippen molar-refractivity contribution < 1.29 is 13.9 Å². The second kappa shape index (κ2) is 6.01. The zero-order valence-electron chi connectivity index (χ0n) is 15.8. The minimum atomic E-state index is -0.220. The summed E-state index contributed by atoms with van der Waals surface area (Å²) in [7, 11) is 0. The molecule has 29 heavy (non-hydrogen) atoms. The summed E-state index contributed by atoms with van der Waals surface area (Å²) in [5, 5.41) is 7.16. The fourth-order valence-electron chi connectivity index (χ4n) is 5.26. The molecule has 2 fully saturated rings. The minimum Gasteiger partial charge on any atom is -0.480 e. The summed E-state index contributed by atoms with van der Waals surface area (Å²) in [5.74, 6) is 1.35. The molecule has 0 aromatic carbocycles. The average Bonchev–Trinajstić information content (AvgIpc) is 3.11. The summed E-state index contributed by atoms with van der Waals surface area (Å²) in [6.45, 7) is 1.75. The molecule has 8 nitrogen and oxygen atoms in total. The maximum absolute atomic E-state index is 14.2. The number of hydrogen-bond donors (Lipinski definition) is 1. The molecule has 4 aliphatic rings. The normalized spacial score (nSPS) is 31.1. The first kappa shape index (κ1) is 16.9. The summed E-state index contributed by atoms with van der Waals surface area (Å²) in [6.07, 6.45) is 7.62. The molecule has 2 aromatic heterocycles. The molecule has 1 unspecified atom stereocenters. The zero-order chi connectivity index (χ0) is 19.6. The van der Waals surface area contributed by atoms with Crippen molar-refractivity contribution in [3.05, 3.63) is 36.1 Å². The summed E-state index contributed by atoms with van der Waals surface area (Å²) >= 11 is 0. The molecular weight excluding hydrogens is 375 g/mol. The Morgan fingerprint density at radius 1 is 1.38 bits per heavy atom. The van der Waals surface area contributed by atoms with E-state index in [0.29, 0.717) is 49.0 Å². The lowest BCUT2D eigenvalue weighted by molar-refractivity contribution is 0.0952. The molecule has 1 saturated heterocycles. The number of piperidine rings is 1. The second-order valence-corrected chi connectivity index (χ2v) is 8.20. The number of fused-ring (bicyclic) bond motifs is 3. The van der Waals surface area contributed by atoms with Crippen LogP contribution in [0, 0.1) is 11.8 Å². The van der Waals surface area contributed by atoms with Crippen LogP contribution >= 0.6 is 0 Å². The third-order valence-corrected chi connectivity index (χ3v) is 6.69. The van der Waals surface area contributed by atoms with Gasteiger partial charge in [-0.05, 0) is 31.2 Å². The number of anilines is 1. The number of amides is 1. The average molecular weight is 396 g/mol. The number of nitrogens with zero attached hydrogens (tertiary/aromatic N) is 5. The van der Waals surface area contributed by atoms with Crippen LogP contribution in [0.1, 0.15) is 36.0 Å². The van der Waals surface area contributed by atoms with E-state index in [-0.39, 0.29) is 23.2 Å². The van der Waals surface area contributed by atoms with Crippen molar-refractivity contribution in [1.29, 1.82) is 0 Å². The lowest BCUT2D eigenvalue weighted by atomic mass is 9.89. The topological polar surface area (TPSA) is 84.1 Å². The highest BCUT2D eigenvalue weighted by molar-refractivity contribution is 5.99. The van der Waals surface area contributed by atoms with Gasteiger partial charge in [0.25, 0.3) is 5.91 Å². The number of nitrogens with one attached hydrogen (secondary N) is 1. The Morgan fingerprint density at radius 2 is 2.31 bits per heavy atom. The Morgan fingerprint density at radius 3 is 3.21 bits per heavy atom. The molecule has 9 heteroatoms. The number of carbonyl (C=O) groups is 1. The van der Waals surface area contributed by atoms with Crippen LogP contribution in [0.3, 0.4) is 0 Å². The number of rotatable bonds is 0. The van der Waals surface area contributed by atoms with Gasteiger partial charge in [-0.3, -0.25) is 4.79 Å². The van der Waals surface area contributed by atoms with E-state index in [1.54, 1.807) is 10.7 Å². The standard InChI is InChI=1S/C20H21FN6O2/c21-13-8-15-19(23-10-13)29-7-1-4-22-18(28)14-11-24-27-6-3-16(25-17(14)27)26-5-2-12-9-20(12,15)26/h3,6,10-12,15H,1-2,4-5,7-9H2,(H,22,28)/t12-,15?,20+/m0/s1. The predicted molar refractivity (Wildman–Crippen MR) is 103 cm³/mol. The fraction of sp³-hybridized carbons (Fsp3) is 0.500. The molecule has 0 radical (unpaired) electrons. The van der Waals surface area contributed by atoms with E-state index in [1.807, 2.05) is 12.3 Å². The van der Waals surface area contributed by atoms with Gasteiger partial charge < -0.3 is 15.0 Å². The lowest BCUT2D eigenvalue weighted by Crippen LogP contribution is -2.46. The molecule has 2 bridgehead atoms. The quantitative estimate of drug-likeness (QED) is 0.737. The lowest BCUT2D eigenvalue weighted by Gasteiger charge is -2.37. The second-order valence-electron chi connectivity index (χ2n) is 8.20. The van der Waals surface area contributed by atoms with Crippen LogP contribution in [-0.2, 0) is 4.74 Å². The summed E-state index contributed by atoms with van der Waals surface area (Å²) in [4.78, 5) is 24.0. The van der Waals surface area contributed by atoms with Crippen LogP contribution in [-0.4, -0.2) is 51.6 Å². The third-order valence-electron chi connectivity index (χ3n) is 6.69. The molecule has 5 heterocycles. The first-order valence-corrected chi connectivity index (χ1v) is 10.1. The Kier molecular flexibility index (Phi) is 3.51. The van der Waals surface area contributed by atoms with Crippen molar-refractivity contribution in [2.45, 2.75) is 31.2 Å². The zero-order valence-corrected chi connectivity index (χ0v) is 15.8. The van der Waals surface area contributed by atoms with Crippen molar-refractivity contribution >= 4 is 23.3 Å². The monoisotopic (exact) mass is 396 g/mol. The van der Waals surface area contributed by atoms with Gasteiger partial charge in [-0.2, -0.15) is 5.10 Å².